The predicted molar refractivity (Wildman–Crippen MR) is 95.7 cm³/mol. The van der Waals surface area contributed by atoms with Gasteiger partial charge in [-0.25, -0.2) is 4.98 Å². The Morgan fingerprint density at radius 1 is 1.22 bits per heavy atom. The number of pyridine rings is 1. The quantitative estimate of drug-likeness (QED) is 0.691. The number of carbonyl (C=O) groups is 1. The molecule has 0 saturated heterocycles. The van der Waals surface area contributed by atoms with Gasteiger partial charge < -0.3 is 15.4 Å². The number of benzene rings is 1. The SMILES string of the molecule is COCCCNc1ccc(NC(=O)Cc2ccc(Br)cc2)nc1. The fourth-order valence-electron chi connectivity index (χ4n) is 2.00. The van der Waals surface area contributed by atoms with Gasteiger partial charge in [-0.1, -0.05) is 28.1 Å². The normalized spacial score (nSPS) is 10.3. The molecule has 0 radical (unpaired) electrons. The van der Waals surface area contributed by atoms with Crippen molar-refractivity contribution in [3.05, 3.63) is 52.6 Å². The van der Waals surface area contributed by atoms with Gasteiger partial charge in [-0.05, 0) is 36.2 Å². The van der Waals surface area contributed by atoms with E-state index >= 15 is 0 Å². The number of nitrogens with zero attached hydrogens (tertiary/aromatic N) is 1. The summed E-state index contributed by atoms with van der Waals surface area (Å²) in [6.07, 6.45) is 2.97. The molecular formula is C17H20BrN3O2. The van der Waals surface area contributed by atoms with Gasteiger partial charge in [0.2, 0.25) is 5.91 Å². The molecule has 0 aliphatic heterocycles. The van der Waals surface area contributed by atoms with E-state index in [-0.39, 0.29) is 5.91 Å². The second-order valence-corrected chi connectivity index (χ2v) is 5.97. The zero-order chi connectivity index (χ0) is 16.5. The first-order chi connectivity index (χ1) is 11.2. The first-order valence-electron chi connectivity index (χ1n) is 7.40. The van der Waals surface area contributed by atoms with Crippen molar-refractivity contribution in [1.82, 2.24) is 4.98 Å². The van der Waals surface area contributed by atoms with Crippen molar-refractivity contribution in [3.63, 3.8) is 0 Å². The molecule has 6 heteroatoms. The van der Waals surface area contributed by atoms with E-state index in [0.29, 0.717) is 12.2 Å². The molecule has 0 fully saturated rings. The van der Waals surface area contributed by atoms with E-state index in [9.17, 15) is 4.79 Å². The summed E-state index contributed by atoms with van der Waals surface area (Å²) in [4.78, 5) is 16.2. The highest BCUT2D eigenvalue weighted by Crippen LogP contribution is 2.13. The third-order valence-corrected chi connectivity index (χ3v) is 3.69. The number of nitrogens with one attached hydrogen (secondary N) is 2. The summed E-state index contributed by atoms with van der Waals surface area (Å²) in [5.74, 6) is 0.468. The third-order valence-electron chi connectivity index (χ3n) is 3.16. The highest BCUT2D eigenvalue weighted by atomic mass is 79.9. The maximum Gasteiger partial charge on any atom is 0.229 e. The second kappa shape index (κ2) is 9.27. The van der Waals surface area contributed by atoms with Gasteiger partial charge in [0.1, 0.15) is 5.82 Å². The summed E-state index contributed by atoms with van der Waals surface area (Å²) in [5, 5.41) is 6.04. The first-order valence-corrected chi connectivity index (χ1v) is 8.20. The number of rotatable bonds is 8. The number of methoxy groups -OCH3 is 1. The van der Waals surface area contributed by atoms with Crippen LogP contribution in [0.25, 0.3) is 0 Å². The zero-order valence-electron chi connectivity index (χ0n) is 13.0. The van der Waals surface area contributed by atoms with Gasteiger partial charge in [0.15, 0.2) is 0 Å². The van der Waals surface area contributed by atoms with Gasteiger partial charge in [-0.2, -0.15) is 0 Å². The molecule has 2 N–H and O–H groups in total. The van der Waals surface area contributed by atoms with Crippen molar-refractivity contribution in [2.75, 3.05) is 30.9 Å². The van der Waals surface area contributed by atoms with Crippen molar-refractivity contribution in [2.24, 2.45) is 0 Å². The largest absolute Gasteiger partial charge is 0.385 e. The van der Waals surface area contributed by atoms with E-state index < -0.39 is 0 Å². The summed E-state index contributed by atoms with van der Waals surface area (Å²) in [5.41, 5.74) is 1.88. The summed E-state index contributed by atoms with van der Waals surface area (Å²) >= 11 is 3.38. The van der Waals surface area contributed by atoms with Crippen molar-refractivity contribution in [1.29, 1.82) is 0 Å². The molecule has 0 atom stereocenters. The van der Waals surface area contributed by atoms with Crippen LogP contribution in [-0.2, 0) is 16.0 Å². The molecular weight excluding hydrogens is 358 g/mol. The Morgan fingerprint density at radius 3 is 2.65 bits per heavy atom. The highest BCUT2D eigenvalue weighted by molar-refractivity contribution is 9.10. The van der Waals surface area contributed by atoms with Gasteiger partial charge >= 0.3 is 0 Å². The molecule has 0 aliphatic carbocycles. The fraction of sp³-hybridized carbons (Fsp3) is 0.294. The van der Waals surface area contributed by atoms with Crippen LogP contribution in [-0.4, -0.2) is 31.2 Å². The Bertz CT molecular complexity index is 615. The minimum Gasteiger partial charge on any atom is -0.385 e. The fourth-order valence-corrected chi connectivity index (χ4v) is 2.26. The van der Waals surface area contributed by atoms with Crippen LogP contribution in [0.15, 0.2) is 47.1 Å². The monoisotopic (exact) mass is 377 g/mol. The lowest BCUT2D eigenvalue weighted by Gasteiger charge is -2.08. The number of carbonyl (C=O) groups excluding carboxylic acids is 1. The Hall–Kier alpha value is -1.92. The number of amides is 1. The zero-order valence-corrected chi connectivity index (χ0v) is 14.6. The average molecular weight is 378 g/mol. The van der Waals surface area contributed by atoms with Gasteiger partial charge in [0.25, 0.3) is 0 Å². The van der Waals surface area contributed by atoms with Crippen LogP contribution < -0.4 is 10.6 Å². The van der Waals surface area contributed by atoms with Crippen LogP contribution in [0.4, 0.5) is 11.5 Å². The number of anilines is 2. The highest BCUT2D eigenvalue weighted by Gasteiger charge is 2.05. The van der Waals surface area contributed by atoms with Crippen molar-refractivity contribution in [3.8, 4) is 0 Å². The Labute approximate surface area is 144 Å². The Morgan fingerprint density at radius 2 is 2.00 bits per heavy atom. The lowest BCUT2D eigenvalue weighted by molar-refractivity contribution is -0.115. The topological polar surface area (TPSA) is 63.2 Å². The summed E-state index contributed by atoms with van der Waals surface area (Å²) in [6, 6.07) is 11.4. The standard InChI is InChI=1S/C17H20BrN3O2/c1-23-10-2-9-19-15-7-8-16(20-12-15)21-17(22)11-13-3-5-14(18)6-4-13/h3-8,12,19H,2,9-11H2,1H3,(H,20,21,22). The lowest BCUT2D eigenvalue weighted by atomic mass is 10.1. The van der Waals surface area contributed by atoms with Crippen LogP contribution in [0, 0.1) is 0 Å². The molecule has 2 aromatic rings. The van der Waals surface area contributed by atoms with E-state index in [2.05, 4.69) is 31.5 Å². The maximum atomic E-state index is 12.0. The third kappa shape index (κ3) is 6.38. The molecule has 0 bridgehead atoms. The molecule has 23 heavy (non-hydrogen) atoms. The molecule has 5 nitrogen and oxygen atoms in total. The Kier molecular flexibility index (Phi) is 7.03. The molecule has 0 unspecified atom stereocenters. The Balaban J connectivity index is 1.80. The van der Waals surface area contributed by atoms with E-state index in [1.165, 1.54) is 0 Å². The molecule has 1 aromatic carbocycles. The summed E-state index contributed by atoms with van der Waals surface area (Å²) in [7, 11) is 1.69. The van der Waals surface area contributed by atoms with Crippen molar-refractivity contribution < 1.29 is 9.53 Å². The number of hydrogen-bond donors (Lipinski definition) is 2. The van der Waals surface area contributed by atoms with E-state index in [0.717, 1.165) is 35.3 Å². The van der Waals surface area contributed by atoms with Crippen LogP contribution in [0.2, 0.25) is 0 Å². The van der Waals surface area contributed by atoms with Crippen molar-refractivity contribution >= 4 is 33.3 Å². The van der Waals surface area contributed by atoms with Gasteiger partial charge in [0.05, 0.1) is 18.3 Å². The van der Waals surface area contributed by atoms with Gasteiger partial charge in [0, 0.05) is 24.7 Å². The maximum absolute atomic E-state index is 12.0. The smallest absolute Gasteiger partial charge is 0.229 e. The molecule has 122 valence electrons. The van der Waals surface area contributed by atoms with E-state index in [4.69, 9.17) is 4.74 Å². The molecule has 0 saturated carbocycles. The van der Waals surface area contributed by atoms with Gasteiger partial charge in [-0.15, -0.1) is 0 Å². The predicted octanol–water partition coefficient (Wildman–Crippen LogP) is 3.47. The molecule has 2 rings (SSSR count). The summed E-state index contributed by atoms with van der Waals surface area (Å²) < 4.78 is 5.99. The number of hydrogen-bond acceptors (Lipinski definition) is 4. The molecule has 1 amide bonds. The second-order valence-electron chi connectivity index (χ2n) is 5.06. The van der Waals surface area contributed by atoms with E-state index in [1.54, 1.807) is 19.4 Å². The average Bonchev–Trinajstić information content (AvgIpc) is 2.55. The number of halogens is 1. The molecule has 0 aliphatic rings. The van der Waals surface area contributed by atoms with Crippen LogP contribution in [0.3, 0.4) is 0 Å². The molecule has 1 heterocycles. The minimum atomic E-state index is -0.0828. The number of ether oxygens (including phenoxy) is 1. The van der Waals surface area contributed by atoms with Crippen LogP contribution in [0.1, 0.15) is 12.0 Å². The lowest BCUT2D eigenvalue weighted by Crippen LogP contribution is -2.15. The minimum absolute atomic E-state index is 0.0828. The molecule has 1 aromatic heterocycles. The van der Waals surface area contributed by atoms with Crippen LogP contribution in [0.5, 0.6) is 0 Å². The van der Waals surface area contributed by atoms with E-state index in [1.807, 2.05) is 30.3 Å². The van der Waals surface area contributed by atoms with Gasteiger partial charge in [-0.3, -0.25) is 4.79 Å². The summed E-state index contributed by atoms with van der Waals surface area (Å²) in [6.45, 7) is 1.55. The first kappa shape index (κ1) is 17.4. The van der Waals surface area contributed by atoms with Crippen LogP contribution >= 0.6 is 15.9 Å². The molecule has 0 spiro atoms. The number of aromatic nitrogens is 1. The van der Waals surface area contributed by atoms with Crippen molar-refractivity contribution in [2.45, 2.75) is 12.8 Å².